The number of nitrogens with one attached hydrogen (secondary N) is 1. The fraction of sp³-hybridized carbons (Fsp3) is 0.867. The van der Waals surface area contributed by atoms with Crippen molar-refractivity contribution in [3.8, 4) is 0 Å². The summed E-state index contributed by atoms with van der Waals surface area (Å²) in [5, 5.41) is 11.7. The zero-order valence-corrected chi connectivity index (χ0v) is 13.5. The number of rotatable bonds is 7. The van der Waals surface area contributed by atoms with Crippen molar-refractivity contribution in [3.63, 3.8) is 0 Å². The number of β-amino-alcohol motifs (C(OH)–C–C–N with tert-alkyl or cyclic N) is 1. The summed E-state index contributed by atoms with van der Waals surface area (Å²) in [6, 6.07) is 0. The fourth-order valence-electron chi connectivity index (χ4n) is 2.64. The maximum absolute atomic E-state index is 12.0. The lowest BCUT2D eigenvalue weighted by Crippen LogP contribution is -2.45. The fourth-order valence-corrected chi connectivity index (χ4v) is 2.64. The first-order valence-electron chi connectivity index (χ1n) is 7.79. The van der Waals surface area contributed by atoms with Crippen molar-refractivity contribution in [3.05, 3.63) is 0 Å². The molecule has 0 spiro atoms. The topological polar surface area (TPSA) is 72.9 Å². The second-order valence-electron chi connectivity index (χ2n) is 6.18. The molecule has 1 aliphatic heterocycles. The molecule has 1 heterocycles. The van der Waals surface area contributed by atoms with E-state index in [-0.39, 0.29) is 30.9 Å². The number of amides is 2. The van der Waals surface area contributed by atoms with Gasteiger partial charge >= 0.3 is 0 Å². The molecule has 0 aliphatic carbocycles. The summed E-state index contributed by atoms with van der Waals surface area (Å²) in [7, 11) is 1.79. The van der Waals surface area contributed by atoms with Gasteiger partial charge in [-0.2, -0.15) is 0 Å². The average Bonchev–Trinajstić information content (AvgIpc) is 2.44. The van der Waals surface area contributed by atoms with Crippen LogP contribution in [0.25, 0.3) is 0 Å². The Kier molecular flexibility index (Phi) is 7.67. The summed E-state index contributed by atoms with van der Waals surface area (Å²) in [4.78, 5) is 27.4. The van der Waals surface area contributed by atoms with Crippen LogP contribution in [0.4, 0.5) is 0 Å². The number of hydrogen-bond acceptors (Lipinski definition) is 4. The molecule has 21 heavy (non-hydrogen) atoms. The molecule has 1 fully saturated rings. The van der Waals surface area contributed by atoms with E-state index in [0.717, 1.165) is 25.9 Å². The SMILES string of the molecule is CC(C)C(=O)NCC(=O)N(C)CC1CCCN(CCO)C1. The van der Waals surface area contributed by atoms with Crippen LogP contribution in [-0.4, -0.2) is 73.1 Å². The van der Waals surface area contributed by atoms with Gasteiger partial charge in [-0.3, -0.25) is 9.59 Å². The number of carbonyl (C=O) groups excluding carboxylic acids is 2. The average molecular weight is 299 g/mol. The Labute approximate surface area is 127 Å². The molecule has 0 radical (unpaired) electrons. The van der Waals surface area contributed by atoms with Crippen LogP contribution in [0.3, 0.4) is 0 Å². The first-order chi connectivity index (χ1) is 9.93. The van der Waals surface area contributed by atoms with Gasteiger partial charge in [-0.1, -0.05) is 13.8 Å². The maximum atomic E-state index is 12.0. The summed E-state index contributed by atoms with van der Waals surface area (Å²) in [5.74, 6) is 0.195. The van der Waals surface area contributed by atoms with Gasteiger partial charge in [-0.25, -0.2) is 0 Å². The van der Waals surface area contributed by atoms with E-state index in [2.05, 4.69) is 10.2 Å². The van der Waals surface area contributed by atoms with E-state index >= 15 is 0 Å². The van der Waals surface area contributed by atoms with Crippen LogP contribution in [0.5, 0.6) is 0 Å². The molecule has 2 amide bonds. The molecule has 0 aromatic rings. The predicted molar refractivity (Wildman–Crippen MR) is 81.7 cm³/mol. The lowest BCUT2D eigenvalue weighted by atomic mass is 9.97. The van der Waals surface area contributed by atoms with Crippen LogP contribution >= 0.6 is 0 Å². The van der Waals surface area contributed by atoms with Crippen LogP contribution < -0.4 is 5.32 Å². The number of piperidine rings is 1. The van der Waals surface area contributed by atoms with E-state index in [9.17, 15) is 9.59 Å². The highest BCUT2D eigenvalue weighted by Crippen LogP contribution is 2.16. The normalized spacial score (nSPS) is 19.6. The molecule has 0 aromatic heterocycles. The highest BCUT2D eigenvalue weighted by Gasteiger charge is 2.22. The Morgan fingerprint density at radius 2 is 2.14 bits per heavy atom. The number of carbonyl (C=O) groups is 2. The van der Waals surface area contributed by atoms with Crippen molar-refractivity contribution in [2.75, 3.05) is 46.4 Å². The minimum Gasteiger partial charge on any atom is -0.395 e. The lowest BCUT2D eigenvalue weighted by Gasteiger charge is -2.34. The minimum absolute atomic E-state index is 0.0525. The highest BCUT2D eigenvalue weighted by atomic mass is 16.3. The van der Waals surface area contributed by atoms with E-state index in [1.807, 2.05) is 0 Å². The van der Waals surface area contributed by atoms with Crippen molar-refractivity contribution in [1.29, 1.82) is 0 Å². The summed E-state index contributed by atoms with van der Waals surface area (Å²) in [5.41, 5.74) is 0. The van der Waals surface area contributed by atoms with Crippen molar-refractivity contribution in [2.24, 2.45) is 11.8 Å². The quantitative estimate of drug-likeness (QED) is 0.690. The highest BCUT2D eigenvalue weighted by molar-refractivity contribution is 5.85. The van der Waals surface area contributed by atoms with Gasteiger partial charge in [0.1, 0.15) is 0 Å². The molecule has 1 aliphatic rings. The third-order valence-corrected chi connectivity index (χ3v) is 3.92. The largest absolute Gasteiger partial charge is 0.395 e. The first-order valence-corrected chi connectivity index (χ1v) is 7.79. The molecular weight excluding hydrogens is 270 g/mol. The third kappa shape index (κ3) is 6.44. The van der Waals surface area contributed by atoms with E-state index < -0.39 is 0 Å². The van der Waals surface area contributed by atoms with Gasteiger partial charge in [0, 0.05) is 32.6 Å². The Hall–Kier alpha value is -1.14. The lowest BCUT2D eigenvalue weighted by molar-refractivity contribution is -0.133. The van der Waals surface area contributed by atoms with E-state index in [1.165, 1.54) is 0 Å². The molecule has 6 heteroatoms. The number of likely N-dealkylation sites (N-methyl/N-ethyl adjacent to an activating group) is 1. The van der Waals surface area contributed by atoms with E-state index in [1.54, 1.807) is 25.8 Å². The molecule has 0 aromatic carbocycles. The van der Waals surface area contributed by atoms with Crippen LogP contribution in [0, 0.1) is 11.8 Å². The van der Waals surface area contributed by atoms with Gasteiger partial charge in [0.05, 0.1) is 13.2 Å². The predicted octanol–water partition coefficient (Wildman–Crippen LogP) is -0.0787. The molecule has 122 valence electrons. The van der Waals surface area contributed by atoms with Crippen LogP contribution in [0.2, 0.25) is 0 Å². The van der Waals surface area contributed by atoms with Crippen LogP contribution in [0.15, 0.2) is 0 Å². The van der Waals surface area contributed by atoms with Gasteiger partial charge in [0.25, 0.3) is 0 Å². The number of hydrogen-bond donors (Lipinski definition) is 2. The molecule has 2 N–H and O–H groups in total. The Morgan fingerprint density at radius 3 is 2.76 bits per heavy atom. The number of likely N-dealkylation sites (tertiary alicyclic amines) is 1. The maximum Gasteiger partial charge on any atom is 0.241 e. The smallest absolute Gasteiger partial charge is 0.241 e. The van der Waals surface area contributed by atoms with Crippen molar-refractivity contribution >= 4 is 11.8 Å². The molecule has 1 saturated heterocycles. The number of aliphatic hydroxyl groups excluding tert-OH is 1. The summed E-state index contributed by atoms with van der Waals surface area (Å²) >= 11 is 0. The van der Waals surface area contributed by atoms with Crippen LogP contribution in [0.1, 0.15) is 26.7 Å². The van der Waals surface area contributed by atoms with Crippen molar-refractivity contribution in [1.82, 2.24) is 15.1 Å². The standard InChI is InChI=1S/C15H29N3O3/c1-12(2)15(21)16-9-14(20)17(3)10-13-5-4-6-18(11-13)7-8-19/h12-13,19H,4-11H2,1-3H3,(H,16,21). The molecule has 0 saturated carbocycles. The zero-order chi connectivity index (χ0) is 15.8. The van der Waals surface area contributed by atoms with Gasteiger partial charge in [0.2, 0.25) is 11.8 Å². The third-order valence-electron chi connectivity index (χ3n) is 3.92. The molecule has 1 unspecified atom stereocenters. The van der Waals surface area contributed by atoms with Crippen molar-refractivity contribution < 1.29 is 14.7 Å². The monoisotopic (exact) mass is 299 g/mol. The molecule has 1 atom stereocenters. The molecule has 1 rings (SSSR count). The second kappa shape index (κ2) is 9.00. The van der Waals surface area contributed by atoms with Crippen LogP contribution in [-0.2, 0) is 9.59 Å². The molecule has 6 nitrogen and oxygen atoms in total. The van der Waals surface area contributed by atoms with Gasteiger partial charge in [-0.15, -0.1) is 0 Å². The van der Waals surface area contributed by atoms with Gasteiger partial charge in [-0.05, 0) is 25.3 Å². The van der Waals surface area contributed by atoms with Gasteiger partial charge in [0.15, 0.2) is 0 Å². The zero-order valence-electron chi connectivity index (χ0n) is 13.5. The first kappa shape index (κ1) is 17.9. The Balaban J connectivity index is 2.32. The summed E-state index contributed by atoms with van der Waals surface area (Å²) in [6.07, 6.45) is 2.22. The van der Waals surface area contributed by atoms with Gasteiger partial charge < -0.3 is 20.2 Å². The molecular formula is C15H29N3O3. The Bertz CT molecular complexity index is 345. The Morgan fingerprint density at radius 1 is 1.43 bits per heavy atom. The minimum atomic E-state index is -0.103. The van der Waals surface area contributed by atoms with Crippen molar-refractivity contribution in [2.45, 2.75) is 26.7 Å². The number of nitrogens with zero attached hydrogens (tertiary/aromatic N) is 2. The summed E-state index contributed by atoms with van der Waals surface area (Å²) < 4.78 is 0. The van der Waals surface area contributed by atoms with E-state index in [0.29, 0.717) is 19.0 Å². The second-order valence-corrected chi connectivity index (χ2v) is 6.18. The number of aliphatic hydroxyl groups is 1. The molecule has 0 bridgehead atoms. The van der Waals surface area contributed by atoms with E-state index in [4.69, 9.17) is 5.11 Å². The summed E-state index contributed by atoms with van der Waals surface area (Å²) in [6.45, 7) is 7.23.